The van der Waals surface area contributed by atoms with Crippen molar-refractivity contribution < 1.29 is 9.18 Å². The van der Waals surface area contributed by atoms with E-state index in [-0.39, 0.29) is 17.5 Å². The molecule has 1 aromatic carbocycles. The van der Waals surface area contributed by atoms with Crippen molar-refractivity contribution in [3.05, 3.63) is 29.6 Å². The van der Waals surface area contributed by atoms with Crippen LogP contribution in [0.4, 0.5) is 4.39 Å². The maximum atomic E-state index is 13.1. The summed E-state index contributed by atoms with van der Waals surface area (Å²) < 4.78 is 13.1. The monoisotopic (exact) mass is 256 g/mol. The molecule has 0 spiro atoms. The van der Waals surface area contributed by atoms with Crippen LogP contribution in [0.5, 0.6) is 0 Å². The fourth-order valence-corrected chi connectivity index (χ4v) is 2.07. The van der Waals surface area contributed by atoms with E-state index in [0.717, 1.165) is 10.5 Å². The first-order valence-corrected chi connectivity index (χ1v) is 6.40. The number of rotatable bonds is 6. The Balaban J connectivity index is 2.76. The van der Waals surface area contributed by atoms with Crippen LogP contribution in [0.2, 0.25) is 0 Å². The van der Waals surface area contributed by atoms with Gasteiger partial charge >= 0.3 is 0 Å². The summed E-state index contributed by atoms with van der Waals surface area (Å²) in [5.41, 5.74) is 5.94. The minimum atomic E-state index is -0.373. The molecule has 3 N–H and O–H groups in total. The van der Waals surface area contributed by atoms with Gasteiger partial charge in [0.05, 0.1) is 5.75 Å². The molecule has 0 bridgehead atoms. The second kappa shape index (κ2) is 6.61. The third kappa shape index (κ3) is 5.19. The molecule has 1 aromatic rings. The minimum absolute atomic E-state index is 0.209. The van der Waals surface area contributed by atoms with Crippen LogP contribution in [0.15, 0.2) is 23.1 Å². The number of carbonyl (C=O) groups is 1. The Hall–Kier alpha value is -1.07. The average Bonchev–Trinajstić information content (AvgIpc) is 2.24. The van der Waals surface area contributed by atoms with Gasteiger partial charge in [-0.15, -0.1) is 11.8 Å². The van der Waals surface area contributed by atoms with E-state index in [1.807, 2.05) is 13.8 Å². The summed E-state index contributed by atoms with van der Waals surface area (Å²) in [6.07, 6.45) is 0. The first kappa shape index (κ1) is 14.0. The van der Waals surface area contributed by atoms with E-state index in [0.29, 0.717) is 12.6 Å². The highest BCUT2D eigenvalue weighted by molar-refractivity contribution is 8.00. The Labute approximate surface area is 105 Å². The molecule has 3 nitrogen and oxygen atoms in total. The highest BCUT2D eigenvalue weighted by atomic mass is 32.2. The first-order valence-electron chi connectivity index (χ1n) is 5.42. The molecule has 0 aliphatic heterocycles. The van der Waals surface area contributed by atoms with E-state index < -0.39 is 0 Å². The van der Waals surface area contributed by atoms with E-state index >= 15 is 0 Å². The second-order valence-corrected chi connectivity index (χ2v) is 5.06. The average molecular weight is 256 g/mol. The molecule has 1 rings (SSSR count). The maximum absolute atomic E-state index is 13.1. The number of nitrogens with one attached hydrogen (secondary N) is 1. The molecule has 1 amide bonds. The molecule has 0 aliphatic carbocycles. The summed E-state index contributed by atoms with van der Waals surface area (Å²) in [5, 5.41) is 3.22. The molecule has 0 saturated carbocycles. The number of benzene rings is 1. The predicted octanol–water partition coefficient (Wildman–Crippen LogP) is 1.90. The van der Waals surface area contributed by atoms with Crippen molar-refractivity contribution in [3.63, 3.8) is 0 Å². The Kier molecular flexibility index (Phi) is 5.44. The van der Waals surface area contributed by atoms with Crippen molar-refractivity contribution in [1.82, 2.24) is 5.32 Å². The van der Waals surface area contributed by atoms with Gasteiger partial charge < -0.3 is 11.1 Å². The summed E-state index contributed by atoms with van der Waals surface area (Å²) in [4.78, 5) is 11.6. The summed E-state index contributed by atoms with van der Waals surface area (Å²) in [5.74, 6) is -0.434. The SMILES string of the molecule is CC(C)NCc1cc(F)ccc1SCC(N)=O. The lowest BCUT2D eigenvalue weighted by Crippen LogP contribution is -2.22. The lowest BCUT2D eigenvalue weighted by atomic mass is 10.2. The van der Waals surface area contributed by atoms with Gasteiger partial charge in [-0.3, -0.25) is 4.79 Å². The number of nitrogens with two attached hydrogens (primary N) is 1. The van der Waals surface area contributed by atoms with Gasteiger partial charge in [0, 0.05) is 17.5 Å². The topological polar surface area (TPSA) is 55.1 Å². The lowest BCUT2D eigenvalue weighted by molar-refractivity contribution is -0.115. The number of amides is 1. The molecule has 5 heteroatoms. The normalized spacial score (nSPS) is 10.8. The van der Waals surface area contributed by atoms with Crippen molar-refractivity contribution in [2.45, 2.75) is 31.3 Å². The van der Waals surface area contributed by atoms with Gasteiger partial charge in [-0.1, -0.05) is 13.8 Å². The molecule has 0 heterocycles. The van der Waals surface area contributed by atoms with E-state index in [4.69, 9.17) is 5.73 Å². The minimum Gasteiger partial charge on any atom is -0.369 e. The summed E-state index contributed by atoms with van der Waals surface area (Å²) in [6.45, 7) is 4.63. The van der Waals surface area contributed by atoms with E-state index in [1.165, 1.54) is 23.9 Å². The quantitative estimate of drug-likeness (QED) is 0.764. The van der Waals surface area contributed by atoms with E-state index in [9.17, 15) is 9.18 Å². The highest BCUT2D eigenvalue weighted by Gasteiger charge is 2.07. The molecular formula is C12H17FN2OS. The Bertz CT molecular complexity index is 396. The zero-order valence-corrected chi connectivity index (χ0v) is 10.8. The number of thioether (sulfide) groups is 1. The van der Waals surface area contributed by atoms with Crippen molar-refractivity contribution in [1.29, 1.82) is 0 Å². The standard InChI is InChI=1S/C12H17FN2OS/c1-8(2)15-6-9-5-10(13)3-4-11(9)17-7-12(14)16/h3-5,8,15H,6-7H2,1-2H3,(H2,14,16). The Morgan fingerprint density at radius 1 is 1.53 bits per heavy atom. The molecule has 17 heavy (non-hydrogen) atoms. The molecule has 94 valence electrons. The number of carbonyl (C=O) groups excluding carboxylic acids is 1. The number of halogens is 1. The van der Waals surface area contributed by atoms with Gasteiger partial charge in [0.1, 0.15) is 5.82 Å². The van der Waals surface area contributed by atoms with Crippen LogP contribution in [-0.4, -0.2) is 17.7 Å². The maximum Gasteiger partial charge on any atom is 0.227 e. The van der Waals surface area contributed by atoms with Gasteiger partial charge in [0.2, 0.25) is 5.91 Å². The smallest absolute Gasteiger partial charge is 0.227 e. The Morgan fingerprint density at radius 3 is 2.82 bits per heavy atom. The van der Waals surface area contributed by atoms with E-state index in [2.05, 4.69) is 5.32 Å². The second-order valence-electron chi connectivity index (χ2n) is 4.04. The van der Waals surface area contributed by atoms with Gasteiger partial charge in [-0.25, -0.2) is 4.39 Å². The van der Waals surface area contributed by atoms with Crippen LogP contribution in [0.3, 0.4) is 0 Å². The summed E-state index contributed by atoms with van der Waals surface area (Å²) in [6, 6.07) is 4.88. The molecule has 0 radical (unpaired) electrons. The highest BCUT2D eigenvalue weighted by Crippen LogP contribution is 2.23. The molecule has 0 aromatic heterocycles. The fourth-order valence-electron chi connectivity index (χ4n) is 1.29. The van der Waals surface area contributed by atoms with Crippen LogP contribution in [-0.2, 0) is 11.3 Å². The molecule has 0 aliphatic rings. The van der Waals surface area contributed by atoms with Crippen LogP contribution in [0.1, 0.15) is 19.4 Å². The fraction of sp³-hybridized carbons (Fsp3) is 0.417. The number of hydrogen-bond acceptors (Lipinski definition) is 3. The van der Waals surface area contributed by atoms with Crippen molar-refractivity contribution in [3.8, 4) is 0 Å². The third-order valence-corrected chi connectivity index (χ3v) is 3.23. The lowest BCUT2D eigenvalue weighted by Gasteiger charge is -2.12. The summed E-state index contributed by atoms with van der Waals surface area (Å²) >= 11 is 1.33. The van der Waals surface area contributed by atoms with Crippen molar-refractivity contribution in [2.24, 2.45) is 5.73 Å². The van der Waals surface area contributed by atoms with E-state index in [1.54, 1.807) is 6.07 Å². The largest absolute Gasteiger partial charge is 0.369 e. The summed E-state index contributed by atoms with van der Waals surface area (Å²) in [7, 11) is 0. The first-order chi connectivity index (χ1) is 7.99. The molecule has 0 atom stereocenters. The van der Waals surface area contributed by atoms with Crippen LogP contribution in [0.25, 0.3) is 0 Å². The molecule has 0 unspecified atom stereocenters. The van der Waals surface area contributed by atoms with Gasteiger partial charge in [0.15, 0.2) is 0 Å². The predicted molar refractivity (Wildman–Crippen MR) is 68.3 cm³/mol. The van der Waals surface area contributed by atoms with Gasteiger partial charge in [-0.05, 0) is 23.8 Å². The van der Waals surface area contributed by atoms with Crippen LogP contribution >= 0.6 is 11.8 Å². The van der Waals surface area contributed by atoms with Gasteiger partial charge in [0.25, 0.3) is 0 Å². The number of hydrogen-bond donors (Lipinski definition) is 2. The Morgan fingerprint density at radius 2 is 2.24 bits per heavy atom. The van der Waals surface area contributed by atoms with Gasteiger partial charge in [-0.2, -0.15) is 0 Å². The molecule has 0 saturated heterocycles. The zero-order valence-electron chi connectivity index (χ0n) is 10.00. The van der Waals surface area contributed by atoms with Crippen molar-refractivity contribution in [2.75, 3.05) is 5.75 Å². The molecule has 0 fully saturated rings. The molecular weight excluding hydrogens is 239 g/mol. The zero-order chi connectivity index (χ0) is 12.8. The number of primary amides is 1. The van der Waals surface area contributed by atoms with Crippen molar-refractivity contribution >= 4 is 17.7 Å². The van der Waals surface area contributed by atoms with Crippen LogP contribution < -0.4 is 11.1 Å². The third-order valence-electron chi connectivity index (χ3n) is 2.09. The van der Waals surface area contributed by atoms with Crippen LogP contribution in [0, 0.1) is 5.82 Å².